The first-order valence-corrected chi connectivity index (χ1v) is 6.42. The summed E-state index contributed by atoms with van der Waals surface area (Å²) in [5.74, 6) is -0.0842. The predicted octanol–water partition coefficient (Wildman–Crippen LogP) is 3.25. The van der Waals surface area contributed by atoms with Gasteiger partial charge in [0, 0.05) is 0 Å². The van der Waals surface area contributed by atoms with Crippen LogP contribution in [0.25, 0.3) is 0 Å². The molecule has 0 saturated carbocycles. The summed E-state index contributed by atoms with van der Waals surface area (Å²) < 4.78 is 5.49. The van der Waals surface area contributed by atoms with Gasteiger partial charge in [0.1, 0.15) is 12.4 Å². The molecule has 2 aromatic carbocycles. The van der Waals surface area contributed by atoms with Gasteiger partial charge in [0.15, 0.2) is 5.78 Å². The van der Waals surface area contributed by atoms with E-state index in [-0.39, 0.29) is 23.6 Å². The number of nitriles is 1. The maximum atomic E-state index is 11.4. The number of rotatable bonds is 5. The lowest BCUT2D eigenvalue weighted by Crippen LogP contribution is -2.02. The molecule has 22 heavy (non-hydrogen) atoms. The van der Waals surface area contributed by atoms with Crippen molar-refractivity contribution in [3.05, 3.63) is 69.3 Å². The number of Topliss-reactive ketones (excluding diaryl/α,β-unsaturated/α-hetero) is 1. The van der Waals surface area contributed by atoms with Crippen LogP contribution < -0.4 is 4.74 Å². The molecule has 2 aromatic rings. The van der Waals surface area contributed by atoms with E-state index in [2.05, 4.69) is 0 Å². The van der Waals surface area contributed by atoms with Crippen LogP contribution in [-0.4, -0.2) is 10.7 Å². The summed E-state index contributed by atoms with van der Waals surface area (Å²) in [5.41, 5.74) is 1.05. The minimum atomic E-state index is -0.611. The van der Waals surface area contributed by atoms with E-state index in [0.717, 1.165) is 5.56 Å². The zero-order chi connectivity index (χ0) is 16.1. The van der Waals surface area contributed by atoms with Gasteiger partial charge in [-0.3, -0.25) is 14.9 Å². The molecule has 2 rings (SSSR count). The Labute approximate surface area is 126 Å². The van der Waals surface area contributed by atoms with E-state index in [4.69, 9.17) is 10.00 Å². The van der Waals surface area contributed by atoms with Crippen molar-refractivity contribution in [3.63, 3.8) is 0 Å². The van der Waals surface area contributed by atoms with Crippen LogP contribution in [0.1, 0.15) is 28.4 Å². The Morgan fingerprint density at radius 1 is 1.32 bits per heavy atom. The first kappa shape index (κ1) is 15.2. The fourth-order valence-electron chi connectivity index (χ4n) is 1.95. The van der Waals surface area contributed by atoms with E-state index in [1.807, 2.05) is 6.07 Å². The molecule has 0 fully saturated rings. The van der Waals surface area contributed by atoms with Gasteiger partial charge >= 0.3 is 0 Å². The minimum absolute atomic E-state index is 0.0452. The summed E-state index contributed by atoms with van der Waals surface area (Å²) in [5, 5.41) is 19.8. The van der Waals surface area contributed by atoms with Crippen LogP contribution in [0.2, 0.25) is 0 Å². The van der Waals surface area contributed by atoms with E-state index in [1.54, 1.807) is 24.3 Å². The molecule has 0 aromatic heterocycles. The third-order valence-corrected chi connectivity index (χ3v) is 3.01. The van der Waals surface area contributed by atoms with Gasteiger partial charge < -0.3 is 4.74 Å². The summed E-state index contributed by atoms with van der Waals surface area (Å²) in [4.78, 5) is 21.7. The lowest BCUT2D eigenvalue weighted by atomic mass is 10.1. The fourth-order valence-corrected chi connectivity index (χ4v) is 1.95. The van der Waals surface area contributed by atoms with Gasteiger partial charge in [0.05, 0.1) is 28.2 Å². The molecule has 0 aliphatic carbocycles. The number of hydrogen-bond acceptors (Lipinski definition) is 5. The van der Waals surface area contributed by atoms with Crippen LogP contribution in [0.5, 0.6) is 5.75 Å². The summed E-state index contributed by atoms with van der Waals surface area (Å²) in [6.07, 6.45) is 0. The molecule has 110 valence electrons. The third-order valence-electron chi connectivity index (χ3n) is 3.01. The lowest BCUT2D eigenvalue weighted by molar-refractivity contribution is -0.385. The smallest absolute Gasteiger partial charge is 0.283 e. The van der Waals surface area contributed by atoms with Gasteiger partial charge in [-0.1, -0.05) is 12.1 Å². The van der Waals surface area contributed by atoms with E-state index < -0.39 is 4.92 Å². The number of nitro groups is 1. The number of carbonyl (C=O) groups excluding carboxylic acids is 1. The van der Waals surface area contributed by atoms with Crippen molar-refractivity contribution in [1.29, 1.82) is 5.26 Å². The highest BCUT2D eigenvalue weighted by atomic mass is 16.6. The number of ketones is 1. The van der Waals surface area contributed by atoms with Crippen molar-refractivity contribution in [2.45, 2.75) is 13.5 Å². The molecule has 0 unspecified atom stereocenters. The van der Waals surface area contributed by atoms with Gasteiger partial charge in [-0.25, -0.2) is 0 Å². The Balaban J connectivity index is 2.20. The van der Waals surface area contributed by atoms with E-state index in [1.165, 1.54) is 25.1 Å². The predicted molar refractivity (Wildman–Crippen MR) is 78.6 cm³/mol. The van der Waals surface area contributed by atoms with Gasteiger partial charge in [-0.05, 0) is 36.8 Å². The largest absolute Gasteiger partial charge is 0.489 e. The summed E-state index contributed by atoms with van der Waals surface area (Å²) in [7, 11) is 0. The van der Waals surface area contributed by atoms with Gasteiger partial charge in [0.2, 0.25) is 0 Å². The van der Waals surface area contributed by atoms with E-state index in [0.29, 0.717) is 11.3 Å². The zero-order valence-electron chi connectivity index (χ0n) is 11.8. The topological polar surface area (TPSA) is 93.2 Å². The van der Waals surface area contributed by atoms with Crippen molar-refractivity contribution >= 4 is 11.5 Å². The molecular formula is C16H12N2O4. The number of nitro benzene ring substituents is 1. The zero-order valence-corrected chi connectivity index (χ0v) is 11.8. The third kappa shape index (κ3) is 3.46. The molecule has 0 bridgehead atoms. The standard InChI is InChI=1S/C16H12N2O4/c1-11(19)15-6-5-14(8-16(15)18(20)21)22-10-13-4-2-3-12(7-13)9-17/h2-8H,10H2,1H3. The lowest BCUT2D eigenvalue weighted by Gasteiger charge is -2.07. The van der Waals surface area contributed by atoms with E-state index >= 15 is 0 Å². The second-order valence-corrected chi connectivity index (χ2v) is 4.59. The number of benzene rings is 2. The number of carbonyl (C=O) groups is 1. The van der Waals surface area contributed by atoms with Crippen LogP contribution in [-0.2, 0) is 6.61 Å². The van der Waals surface area contributed by atoms with Crippen molar-refractivity contribution in [2.75, 3.05) is 0 Å². The van der Waals surface area contributed by atoms with Crippen LogP contribution in [0, 0.1) is 21.4 Å². The highest BCUT2D eigenvalue weighted by Crippen LogP contribution is 2.25. The highest BCUT2D eigenvalue weighted by molar-refractivity contribution is 5.98. The Morgan fingerprint density at radius 3 is 2.73 bits per heavy atom. The number of nitrogens with zero attached hydrogens (tertiary/aromatic N) is 2. The molecule has 0 heterocycles. The van der Waals surface area contributed by atoms with Crippen LogP contribution >= 0.6 is 0 Å². The summed E-state index contributed by atoms with van der Waals surface area (Å²) in [6.45, 7) is 1.45. The minimum Gasteiger partial charge on any atom is -0.489 e. The molecule has 0 spiro atoms. The fraction of sp³-hybridized carbons (Fsp3) is 0.125. The average Bonchev–Trinajstić information content (AvgIpc) is 2.52. The quantitative estimate of drug-likeness (QED) is 0.479. The number of ether oxygens (including phenoxy) is 1. The van der Waals surface area contributed by atoms with Gasteiger partial charge in [-0.15, -0.1) is 0 Å². The maximum absolute atomic E-state index is 11.4. The molecule has 0 amide bonds. The summed E-state index contributed by atoms with van der Waals surface area (Å²) >= 11 is 0. The summed E-state index contributed by atoms with van der Waals surface area (Å²) in [6, 6.07) is 13.0. The SMILES string of the molecule is CC(=O)c1ccc(OCc2cccc(C#N)c2)cc1[N+](=O)[O-]. The Kier molecular flexibility index (Phi) is 4.49. The van der Waals surface area contributed by atoms with Crippen LogP contribution in [0.3, 0.4) is 0 Å². The molecule has 0 aliphatic heterocycles. The molecular weight excluding hydrogens is 284 g/mol. The average molecular weight is 296 g/mol. The first-order valence-electron chi connectivity index (χ1n) is 6.42. The van der Waals surface area contributed by atoms with Crippen LogP contribution in [0.15, 0.2) is 42.5 Å². The molecule has 0 N–H and O–H groups in total. The second-order valence-electron chi connectivity index (χ2n) is 4.59. The first-order chi connectivity index (χ1) is 10.5. The van der Waals surface area contributed by atoms with Crippen molar-refractivity contribution in [2.24, 2.45) is 0 Å². The monoisotopic (exact) mass is 296 g/mol. The van der Waals surface area contributed by atoms with Gasteiger partial charge in [-0.2, -0.15) is 5.26 Å². The number of hydrogen-bond donors (Lipinski definition) is 0. The van der Waals surface area contributed by atoms with Crippen molar-refractivity contribution < 1.29 is 14.5 Å². The van der Waals surface area contributed by atoms with Crippen molar-refractivity contribution in [1.82, 2.24) is 0 Å². The van der Waals surface area contributed by atoms with Crippen LogP contribution in [0.4, 0.5) is 5.69 Å². The van der Waals surface area contributed by atoms with E-state index in [9.17, 15) is 14.9 Å². The molecule has 0 saturated heterocycles. The molecule has 0 radical (unpaired) electrons. The van der Waals surface area contributed by atoms with Gasteiger partial charge in [0.25, 0.3) is 5.69 Å². The molecule has 6 heteroatoms. The Bertz CT molecular complexity index is 778. The molecule has 6 nitrogen and oxygen atoms in total. The second kappa shape index (κ2) is 6.50. The maximum Gasteiger partial charge on any atom is 0.283 e. The normalized spacial score (nSPS) is 9.82. The molecule has 0 aliphatic rings. The Hall–Kier alpha value is -3.20. The molecule has 0 atom stereocenters. The highest BCUT2D eigenvalue weighted by Gasteiger charge is 2.18. The van der Waals surface area contributed by atoms with Crippen molar-refractivity contribution in [3.8, 4) is 11.8 Å². The Morgan fingerprint density at radius 2 is 2.09 bits per heavy atom.